The molecule has 1 aliphatic heterocycles. The highest BCUT2D eigenvalue weighted by Gasteiger charge is 2.31. The van der Waals surface area contributed by atoms with Crippen molar-refractivity contribution < 1.29 is 14.7 Å². The van der Waals surface area contributed by atoms with Gasteiger partial charge in [0.25, 0.3) is 0 Å². The van der Waals surface area contributed by atoms with Crippen LogP contribution in [0.1, 0.15) is 28.4 Å². The van der Waals surface area contributed by atoms with E-state index in [9.17, 15) is 14.7 Å². The molecule has 0 saturated carbocycles. The summed E-state index contributed by atoms with van der Waals surface area (Å²) < 4.78 is 0.954. The van der Waals surface area contributed by atoms with Gasteiger partial charge in [0.1, 0.15) is 0 Å². The Hall–Kier alpha value is -1.58. The van der Waals surface area contributed by atoms with Crippen LogP contribution in [0.3, 0.4) is 0 Å². The Labute approximate surface area is 163 Å². The molecule has 0 radical (unpaired) electrons. The molecular weight excluding hydrogens is 451 g/mol. The molecule has 2 amide bonds. The lowest BCUT2D eigenvalue weighted by atomic mass is 10.1. The molecule has 5 nitrogen and oxygen atoms in total. The van der Waals surface area contributed by atoms with Gasteiger partial charge in [-0.3, -0.25) is 9.59 Å². The highest BCUT2D eigenvalue weighted by Crippen LogP contribution is 2.40. The molecule has 1 unspecified atom stereocenters. The van der Waals surface area contributed by atoms with Crippen molar-refractivity contribution in [2.45, 2.75) is 30.2 Å². The van der Waals surface area contributed by atoms with E-state index in [1.807, 2.05) is 31.2 Å². The highest BCUT2D eigenvalue weighted by atomic mass is 127. The number of carbonyl (C=O) groups excluding carboxylic acids is 2. The van der Waals surface area contributed by atoms with Crippen molar-refractivity contribution in [3.05, 3.63) is 56.7 Å². The second-order valence-electron chi connectivity index (χ2n) is 5.82. The summed E-state index contributed by atoms with van der Waals surface area (Å²) in [7, 11) is 0. The maximum Gasteiger partial charge on any atom is 0.248 e. The first-order valence-corrected chi connectivity index (χ1v) is 9.66. The molecule has 1 atom stereocenters. The van der Waals surface area contributed by atoms with Gasteiger partial charge in [-0.1, -0.05) is 12.1 Å². The van der Waals surface area contributed by atoms with Crippen molar-refractivity contribution in [1.82, 2.24) is 0 Å². The third-order valence-corrected chi connectivity index (χ3v) is 6.24. The van der Waals surface area contributed by atoms with E-state index in [2.05, 4.69) is 22.6 Å². The summed E-state index contributed by atoms with van der Waals surface area (Å²) in [5.74, 6) is -0.513. The third kappa shape index (κ3) is 3.68. The summed E-state index contributed by atoms with van der Waals surface area (Å²) in [5, 5.41) is 9.11. The van der Waals surface area contributed by atoms with Crippen LogP contribution in [-0.4, -0.2) is 22.2 Å². The Morgan fingerprint density at radius 3 is 2.72 bits per heavy atom. The number of hydrogen-bond acceptors (Lipinski definition) is 4. The molecule has 0 fully saturated rings. The van der Waals surface area contributed by atoms with Gasteiger partial charge in [-0.25, -0.2) is 0 Å². The maximum atomic E-state index is 12.7. The molecule has 2 aromatic rings. The van der Waals surface area contributed by atoms with Gasteiger partial charge in [0.2, 0.25) is 11.8 Å². The normalized spacial score (nSPS) is 16.7. The topological polar surface area (TPSA) is 83.6 Å². The Balaban J connectivity index is 2.00. The zero-order chi connectivity index (χ0) is 18.1. The lowest BCUT2D eigenvalue weighted by Gasteiger charge is -2.32. The number of fused-ring (bicyclic) bond motifs is 1. The van der Waals surface area contributed by atoms with Crippen molar-refractivity contribution in [3.63, 3.8) is 0 Å². The van der Waals surface area contributed by atoms with Crippen LogP contribution >= 0.6 is 34.4 Å². The second kappa shape index (κ2) is 7.35. The van der Waals surface area contributed by atoms with E-state index >= 15 is 0 Å². The van der Waals surface area contributed by atoms with Crippen molar-refractivity contribution in [3.8, 4) is 0 Å². The molecule has 3 N–H and O–H groups in total. The lowest BCUT2D eigenvalue weighted by molar-refractivity contribution is -0.118. The van der Waals surface area contributed by atoms with Crippen LogP contribution in [0.15, 0.2) is 41.3 Å². The summed E-state index contributed by atoms with van der Waals surface area (Å²) >= 11 is 3.66. The van der Waals surface area contributed by atoms with E-state index in [4.69, 9.17) is 5.73 Å². The monoisotopic (exact) mass is 468 g/mol. The number of carbonyl (C=O) groups is 2. The average Bonchev–Trinajstić information content (AvgIpc) is 2.58. The quantitative estimate of drug-likeness (QED) is 0.677. The minimum absolute atomic E-state index is 0.000336. The standard InChI is InChI=1S/C18H17IN2O3S/c1-10-18(24)21(8-11-2-3-13(9-22)14(19)6-11)15-7-12(17(20)23)4-5-16(15)25-10/h2-7,10,22H,8-9H2,1H3,(H2,20,23). The SMILES string of the molecule is CC1Sc2ccc(C(N)=O)cc2N(Cc2ccc(CO)c(I)c2)C1=O. The van der Waals surface area contributed by atoms with Gasteiger partial charge in [0.15, 0.2) is 0 Å². The maximum absolute atomic E-state index is 12.7. The number of nitrogens with two attached hydrogens (primary N) is 1. The average molecular weight is 468 g/mol. The van der Waals surface area contributed by atoms with Crippen LogP contribution in [-0.2, 0) is 17.9 Å². The van der Waals surface area contributed by atoms with Crippen LogP contribution < -0.4 is 10.6 Å². The fraction of sp³-hybridized carbons (Fsp3) is 0.222. The van der Waals surface area contributed by atoms with Crippen LogP contribution in [0.25, 0.3) is 0 Å². The molecule has 130 valence electrons. The van der Waals surface area contributed by atoms with Crippen LogP contribution in [0.4, 0.5) is 5.69 Å². The summed E-state index contributed by atoms with van der Waals surface area (Å²) in [6.07, 6.45) is 0. The predicted molar refractivity (Wildman–Crippen MR) is 107 cm³/mol. The van der Waals surface area contributed by atoms with E-state index in [0.29, 0.717) is 17.8 Å². The summed E-state index contributed by atoms with van der Waals surface area (Å²) in [4.78, 5) is 26.9. The number of benzene rings is 2. The largest absolute Gasteiger partial charge is 0.392 e. The summed E-state index contributed by atoms with van der Waals surface area (Å²) in [5.41, 5.74) is 8.30. The first-order chi connectivity index (χ1) is 11.9. The molecule has 0 saturated heterocycles. The molecule has 25 heavy (non-hydrogen) atoms. The minimum Gasteiger partial charge on any atom is -0.392 e. The van der Waals surface area contributed by atoms with Gasteiger partial charge >= 0.3 is 0 Å². The van der Waals surface area contributed by atoms with Crippen LogP contribution in [0.5, 0.6) is 0 Å². The zero-order valence-electron chi connectivity index (χ0n) is 13.5. The number of nitrogens with zero attached hydrogens (tertiary/aromatic N) is 1. The number of rotatable bonds is 4. The van der Waals surface area contributed by atoms with Gasteiger partial charge in [-0.05, 0) is 64.9 Å². The molecule has 2 aromatic carbocycles. The van der Waals surface area contributed by atoms with Crippen LogP contribution in [0.2, 0.25) is 0 Å². The summed E-state index contributed by atoms with van der Waals surface area (Å²) in [6, 6.07) is 10.9. The van der Waals surface area contributed by atoms with Crippen LogP contribution in [0, 0.1) is 3.57 Å². The van der Waals surface area contributed by atoms with Gasteiger partial charge < -0.3 is 15.7 Å². The first-order valence-electron chi connectivity index (χ1n) is 7.70. The number of primary amides is 1. The van der Waals surface area contributed by atoms with Crippen molar-refractivity contribution in [2.75, 3.05) is 4.90 Å². The molecule has 7 heteroatoms. The van der Waals surface area contributed by atoms with Crippen molar-refractivity contribution >= 4 is 51.9 Å². The third-order valence-electron chi connectivity index (χ3n) is 4.08. The molecule has 1 heterocycles. The number of amides is 2. The molecule has 1 aliphatic rings. The highest BCUT2D eigenvalue weighted by molar-refractivity contribution is 14.1. The fourth-order valence-corrected chi connectivity index (χ4v) is 4.52. The number of thioether (sulfide) groups is 1. The molecule has 0 aliphatic carbocycles. The second-order valence-corrected chi connectivity index (χ2v) is 8.36. The predicted octanol–water partition coefficient (Wildman–Crippen LogP) is 2.91. The van der Waals surface area contributed by atoms with E-state index in [1.165, 1.54) is 11.8 Å². The Morgan fingerprint density at radius 1 is 1.32 bits per heavy atom. The number of aliphatic hydroxyl groups excluding tert-OH is 1. The van der Waals surface area contributed by atoms with Gasteiger partial charge in [-0.2, -0.15) is 0 Å². The number of anilines is 1. The molecular formula is C18H17IN2O3S. The minimum atomic E-state index is -0.513. The number of hydrogen-bond donors (Lipinski definition) is 2. The fourth-order valence-electron chi connectivity index (χ4n) is 2.72. The van der Waals surface area contributed by atoms with E-state index in [1.54, 1.807) is 17.0 Å². The number of halogens is 1. The molecule has 0 bridgehead atoms. The van der Waals surface area contributed by atoms with Gasteiger partial charge in [-0.15, -0.1) is 11.8 Å². The smallest absolute Gasteiger partial charge is 0.248 e. The van der Waals surface area contributed by atoms with E-state index in [-0.39, 0.29) is 17.8 Å². The summed E-state index contributed by atoms with van der Waals surface area (Å²) in [6.45, 7) is 2.27. The Bertz CT molecular complexity index is 856. The van der Waals surface area contributed by atoms with Crippen molar-refractivity contribution in [1.29, 1.82) is 0 Å². The molecule has 0 spiro atoms. The van der Waals surface area contributed by atoms with E-state index in [0.717, 1.165) is 19.6 Å². The van der Waals surface area contributed by atoms with Gasteiger partial charge in [0.05, 0.1) is 24.1 Å². The first kappa shape index (κ1) is 18.2. The van der Waals surface area contributed by atoms with Crippen molar-refractivity contribution in [2.24, 2.45) is 5.73 Å². The lowest BCUT2D eigenvalue weighted by Crippen LogP contribution is -2.39. The molecule has 0 aromatic heterocycles. The molecule has 3 rings (SSSR count). The van der Waals surface area contributed by atoms with E-state index < -0.39 is 5.91 Å². The van der Waals surface area contributed by atoms with Gasteiger partial charge in [0, 0.05) is 14.0 Å². The number of aliphatic hydroxyl groups is 1. The Kier molecular flexibility index (Phi) is 5.35. The zero-order valence-corrected chi connectivity index (χ0v) is 16.5. The Morgan fingerprint density at radius 2 is 2.08 bits per heavy atom.